The number of thioether (sulfide) groups is 1. The number of aliphatic hydroxyl groups is 2. The molecule has 1 amide bonds. The Balaban J connectivity index is 1.50. The van der Waals surface area contributed by atoms with Crippen LogP contribution in [0.25, 0.3) is 0 Å². The van der Waals surface area contributed by atoms with Gasteiger partial charge >= 0.3 is 0 Å². The molecule has 3 N–H and O–H groups in total. The number of nitrogens with zero attached hydrogens (tertiary/aromatic N) is 2. The normalized spacial score (nSPS) is 33.4. The molecule has 2 heterocycles. The Hall–Kier alpha value is -1.64. The molecule has 4 rings (SSSR count). The molecule has 2 aliphatic heterocycles. The van der Waals surface area contributed by atoms with Crippen LogP contribution in [0.3, 0.4) is 0 Å². The predicted molar refractivity (Wildman–Crippen MR) is 103 cm³/mol. The molecule has 5 atom stereocenters. The van der Waals surface area contributed by atoms with Crippen LogP contribution in [0.2, 0.25) is 0 Å². The van der Waals surface area contributed by atoms with Crippen LogP contribution in [0.1, 0.15) is 25.7 Å². The number of hydrogen-bond acceptors (Lipinski definition) is 6. The quantitative estimate of drug-likeness (QED) is 0.714. The molecule has 3 aliphatic rings. The zero-order valence-electron chi connectivity index (χ0n) is 14.9. The van der Waals surface area contributed by atoms with Crippen molar-refractivity contribution in [3.63, 3.8) is 0 Å². The van der Waals surface area contributed by atoms with Gasteiger partial charge in [0.1, 0.15) is 11.9 Å². The summed E-state index contributed by atoms with van der Waals surface area (Å²) in [5.41, 5.74) is 0.690. The highest BCUT2D eigenvalue weighted by Crippen LogP contribution is 2.42. The zero-order chi connectivity index (χ0) is 19.0. The monoisotopic (exact) mass is 393 g/mol. The second-order valence-corrected chi connectivity index (χ2v) is 8.59. The second-order valence-electron chi connectivity index (χ2n) is 7.43. The summed E-state index contributed by atoms with van der Waals surface area (Å²) in [5, 5.41) is 24.2. The van der Waals surface area contributed by atoms with Gasteiger partial charge in [0.15, 0.2) is 5.17 Å². The molecule has 27 heavy (non-hydrogen) atoms. The topological polar surface area (TPSA) is 85.2 Å². The molecule has 8 heteroatoms. The molecular formula is C19H24FN3O3S. The molecule has 1 saturated carbocycles. The lowest BCUT2D eigenvalue weighted by molar-refractivity contribution is -0.141. The minimum atomic E-state index is -0.986. The summed E-state index contributed by atoms with van der Waals surface area (Å²) >= 11 is 1.43. The lowest BCUT2D eigenvalue weighted by atomic mass is 9.80. The Morgan fingerprint density at radius 1 is 1.19 bits per heavy atom. The number of fused-ring (bicyclic) bond motifs is 1. The summed E-state index contributed by atoms with van der Waals surface area (Å²) in [6, 6.07) is 5.41. The van der Waals surface area contributed by atoms with Crippen LogP contribution in [-0.2, 0) is 4.79 Å². The van der Waals surface area contributed by atoms with Crippen LogP contribution < -0.4 is 5.32 Å². The molecule has 146 valence electrons. The van der Waals surface area contributed by atoms with Gasteiger partial charge in [-0.25, -0.2) is 4.39 Å². The first-order chi connectivity index (χ1) is 13.0. The minimum Gasteiger partial charge on any atom is -0.390 e. The van der Waals surface area contributed by atoms with Gasteiger partial charge in [-0.15, -0.1) is 0 Å². The van der Waals surface area contributed by atoms with Gasteiger partial charge in [0, 0.05) is 24.0 Å². The van der Waals surface area contributed by atoms with Gasteiger partial charge in [0.05, 0.1) is 18.1 Å². The number of aliphatic imine (C=N–C) groups is 1. The van der Waals surface area contributed by atoms with Crippen molar-refractivity contribution in [2.75, 3.05) is 18.4 Å². The molecule has 1 aliphatic carbocycles. The van der Waals surface area contributed by atoms with E-state index in [-0.39, 0.29) is 29.3 Å². The van der Waals surface area contributed by atoms with Gasteiger partial charge in [0.2, 0.25) is 5.91 Å². The Bertz CT molecular complexity index is 723. The third-order valence-corrected chi connectivity index (χ3v) is 6.88. The van der Waals surface area contributed by atoms with Crippen LogP contribution >= 0.6 is 11.8 Å². The molecule has 1 saturated heterocycles. The van der Waals surface area contributed by atoms with E-state index in [0.717, 1.165) is 32.4 Å². The van der Waals surface area contributed by atoms with Crippen molar-refractivity contribution in [2.45, 2.75) is 49.2 Å². The van der Waals surface area contributed by atoms with E-state index in [4.69, 9.17) is 0 Å². The van der Waals surface area contributed by atoms with Gasteiger partial charge in [-0.1, -0.05) is 11.8 Å². The fraction of sp³-hybridized carbons (Fsp3) is 0.579. The summed E-state index contributed by atoms with van der Waals surface area (Å²) < 4.78 is 13.1. The molecule has 0 spiro atoms. The fourth-order valence-corrected chi connectivity index (χ4v) is 5.47. The van der Waals surface area contributed by atoms with Crippen molar-refractivity contribution >= 4 is 28.5 Å². The van der Waals surface area contributed by atoms with E-state index < -0.39 is 18.2 Å². The average Bonchev–Trinajstić information content (AvgIpc) is 3.10. The van der Waals surface area contributed by atoms with E-state index in [1.165, 1.54) is 23.9 Å². The standard InChI is InChI=1S/C19H24FN3O3S/c20-11-4-6-12(7-5-11)21-19-22-15-16(25)14(24)10-13(17(15)27-19)18(26)23-8-2-1-3-9-23/h4-7,13-17,24-25H,1-3,8-10H2,(H,21,22). The maximum Gasteiger partial charge on any atom is 0.226 e. The number of hydrogen-bond donors (Lipinski definition) is 3. The van der Waals surface area contributed by atoms with Crippen molar-refractivity contribution in [1.82, 2.24) is 4.90 Å². The molecule has 6 nitrogen and oxygen atoms in total. The largest absolute Gasteiger partial charge is 0.390 e. The van der Waals surface area contributed by atoms with E-state index in [9.17, 15) is 19.4 Å². The van der Waals surface area contributed by atoms with Crippen molar-refractivity contribution < 1.29 is 19.4 Å². The third-order valence-electron chi connectivity index (χ3n) is 5.57. The highest BCUT2D eigenvalue weighted by molar-refractivity contribution is 8.15. The second kappa shape index (κ2) is 7.77. The fourth-order valence-electron chi connectivity index (χ4n) is 4.10. The first-order valence-corrected chi connectivity index (χ1v) is 10.3. The lowest BCUT2D eigenvalue weighted by Crippen LogP contribution is -2.55. The number of likely N-dealkylation sites (tertiary alicyclic amines) is 1. The number of carbonyl (C=O) groups excluding carboxylic acids is 1. The average molecular weight is 393 g/mol. The molecule has 0 radical (unpaired) electrons. The number of nitrogens with one attached hydrogen (secondary N) is 1. The van der Waals surface area contributed by atoms with Gasteiger partial charge in [0.25, 0.3) is 0 Å². The van der Waals surface area contributed by atoms with Gasteiger partial charge in [-0.3, -0.25) is 9.79 Å². The maximum atomic E-state index is 13.1. The number of aliphatic hydroxyl groups excluding tert-OH is 2. The van der Waals surface area contributed by atoms with Gasteiger partial charge in [-0.05, 0) is 49.9 Å². The van der Waals surface area contributed by atoms with E-state index in [0.29, 0.717) is 10.9 Å². The van der Waals surface area contributed by atoms with E-state index in [1.807, 2.05) is 4.90 Å². The Labute approximate surface area is 161 Å². The number of piperidine rings is 1. The van der Waals surface area contributed by atoms with Crippen molar-refractivity contribution in [1.29, 1.82) is 0 Å². The molecule has 0 bridgehead atoms. The van der Waals surface area contributed by atoms with Crippen LogP contribution in [0.4, 0.5) is 10.1 Å². The first-order valence-electron chi connectivity index (χ1n) is 9.45. The number of carbonyl (C=O) groups is 1. The lowest BCUT2D eigenvalue weighted by Gasteiger charge is -2.40. The molecule has 5 unspecified atom stereocenters. The van der Waals surface area contributed by atoms with Crippen molar-refractivity contribution in [3.8, 4) is 0 Å². The number of amides is 1. The van der Waals surface area contributed by atoms with E-state index in [1.54, 1.807) is 12.1 Å². The van der Waals surface area contributed by atoms with Crippen molar-refractivity contribution in [2.24, 2.45) is 10.9 Å². The zero-order valence-corrected chi connectivity index (χ0v) is 15.7. The summed E-state index contributed by atoms with van der Waals surface area (Å²) in [6.07, 6.45) is 1.48. The van der Waals surface area contributed by atoms with Crippen LogP contribution in [0.5, 0.6) is 0 Å². The highest BCUT2D eigenvalue weighted by atomic mass is 32.2. The van der Waals surface area contributed by atoms with Gasteiger partial charge < -0.3 is 20.4 Å². The molecule has 1 aromatic rings. The Morgan fingerprint density at radius 2 is 1.89 bits per heavy atom. The molecule has 1 aromatic carbocycles. The van der Waals surface area contributed by atoms with E-state index >= 15 is 0 Å². The summed E-state index contributed by atoms with van der Waals surface area (Å²) in [5.74, 6) is -0.630. The number of halogens is 1. The Morgan fingerprint density at radius 3 is 2.59 bits per heavy atom. The third kappa shape index (κ3) is 3.83. The summed E-state index contributed by atoms with van der Waals surface area (Å²) in [7, 11) is 0. The number of amidine groups is 1. The summed E-state index contributed by atoms with van der Waals surface area (Å²) in [4.78, 5) is 19.5. The molecule has 2 fully saturated rings. The molecule has 0 aromatic heterocycles. The maximum absolute atomic E-state index is 13.1. The van der Waals surface area contributed by atoms with Crippen molar-refractivity contribution in [3.05, 3.63) is 30.1 Å². The number of rotatable bonds is 2. The molecular weight excluding hydrogens is 369 g/mol. The van der Waals surface area contributed by atoms with Crippen LogP contribution in [0.15, 0.2) is 29.3 Å². The van der Waals surface area contributed by atoms with Crippen LogP contribution in [-0.4, -0.2) is 62.8 Å². The minimum absolute atomic E-state index is 0.0568. The first kappa shape index (κ1) is 18.7. The summed E-state index contributed by atoms with van der Waals surface area (Å²) in [6.45, 7) is 1.52. The van der Waals surface area contributed by atoms with E-state index in [2.05, 4.69) is 10.3 Å². The van der Waals surface area contributed by atoms with Gasteiger partial charge in [-0.2, -0.15) is 0 Å². The highest BCUT2D eigenvalue weighted by Gasteiger charge is 2.51. The number of anilines is 1. The smallest absolute Gasteiger partial charge is 0.226 e. The van der Waals surface area contributed by atoms with Crippen LogP contribution in [0, 0.1) is 11.7 Å². The predicted octanol–water partition coefficient (Wildman–Crippen LogP) is 1.83. The SMILES string of the molecule is O=C(C1CC(O)C(O)C2N=C(Nc3ccc(F)cc3)SC12)N1CCCCC1. The number of benzene rings is 1. The Kier molecular flexibility index (Phi) is 5.39.